The zero-order chi connectivity index (χ0) is 14.6. The molecule has 0 saturated heterocycles. The van der Waals surface area contributed by atoms with Crippen molar-refractivity contribution in [3.63, 3.8) is 0 Å². The third-order valence-electron chi connectivity index (χ3n) is 3.17. The van der Waals surface area contributed by atoms with Crippen LogP contribution in [0.1, 0.15) is 19.4 Å². The van der Waals surface area contributed by atoms with E-state index in [1.165, 1.54) is 6.07 Å². The second-order valence-corrected chi connectivity index (χ2v) is 8.05. The molecule has 0 radical (unpaired) electrons. The predicted molar refractivity (Wildman–Crippen MR) is 76.0 cm³/mol. The summed E-state index contributed by atoms with van der Waals surface area (Å²) >= 11 is 3.23. The number of halogens is 1. The van der Waals surface area contributed by atoms with Crippen molar-refractivity contribution in [2.24, 2.45) is 0 Å². The molecule has 0 aliphatic carbocycles. The Hall–Kier alpha value is -1.15. The van der Waals surface area contributed by atoms with Crippen LogP contribution in [-0.4, -0.2) is 26.1 Å². The summed E-state index contributed by atoms with van der Waals surface area (Å²) in [6, 6.07) is 3.08. The van der Waals surface area contributed by atoms with E-state index in [-0.39, 0.29) is 17.9 Å². The predicted octanol–water partition coefficient (Wildman–Crippen LogP) is 2.41. The molecule has 6 nitrogen and oxygen atoms in total. The topological polar surface area (TPSA) is 80.5 Å². The lowest BCUT2D eigenvalue weighted by Gasteiger charge is -2.19. The van der Waals surface area contributed by atoms with Crippen LogP contribution in [0.5, 0.6) is 0 Å². The molecule has 1 aliphatic heterocycles. The third-order valence-corrected chi connectivity index (χ3v) is 4.74. The van der Waals surface area contributed by atoms with Crippen molar-refractivity contribution in [2.45, 2.75) is 19.3 Å². The molecule has 0 aromatic heterocycles. The van der Waals surface area contributed by atoms with Crippen LogP contribution in [0.3, 0.4) is 0 Å². The number of sulfonamides is 1. The van der Waals surface area contributed by atoms with Gasteiger partial charge in [0.2, 0.25) is 10.0 Å². The molecule has 104 valence electrons. The highest BCUT2D eigenvalue weighted by Crippen LogP contribution is 2.48. The molecule has 0 atom stereocenters. The fourth-order valence-corrected chi connectivity index (χ4v) is 3.83. The highest BCUT2D eigenvalue weighted by atomic mass is 79.9. The fourth-order valence-electron chi connectivity index (χ4n) is 2.31. The van der Waals surface area contributed by atoms with E-state index in [0.29, 0.717) is 10.0 Å². The van der Waals surface area contributed by atoms with Gasteiger partial charge in [-0.2, -0.15) is 0 Å². The second kappa shape index (κ2) is 4.17. The Bertz CT molecular complexity index is 670. The molecule has 1 heterocycles. The van der Waals surface area contributed by atoms with Gasteiger partial charge in [-0.05, 0) is 11.6 Å². The van der Waals surface area contributed by atoms with Gasteiger partial charge in [0, 0.05) is 22.5 Å². The van der Waals surface area contributed by atoms with Crippen molar-refractivity contribution in [3.05, 3.63) is 32.3 Å². The summed E-state index contributed by atoms with van der Waals surface area (Å²) in [5, 5.41) is 11.2. The van der Waals surface area contributed by atoms with Crippen LogP contribution >= 0.6 is 15.9 Å². The smallest absolute Gasteiger partial charge is 0.262 e. The lowest BCUT2D eigenvalue weighted by Crippen LogP contribution is -2.33. The maximum absolute atomic E-state index is 11.8. The normalized spacial score (nSPS) is 17.4. The molecule has 1 aromatic carbocycles. The molecule has 0 spiro atoms. The van der Waals surface area contributed by atoms with E-state index < -0.39 is 20.4 Å². The van der Waals surface area contributed by atoms with Crippen molar-refractivity contribution >= 4 is 37.3 Å². The number of hydrogen-bond donors (Lipinski definition) is 0. The molecule has 0 bridgehead atoms. The van der Waals surface area contributed by atoms with Gasteiger partial charge in [-0.25, -0.2) is 8.42 Å². The van der Waals surface area contributed by atoms with Crippen molar-refractivity contribution in [1.82, 2.24) is 0 Å². The molecule has 1 aliphatic rings. The zero-order valence-corrected chi connectivity index (χ0v) is 13.1. The molecule has 8 heteroatoms. The fraction of sp³-hybridized carbons (Fsp3) is 0.455. The van der Waals surface area contributed by atoms with Crippen molar-refractivity contribution < 1.29 is 13.3 Å². The zero-order valence-electron chi connectivity index (χ0n) is 10.7. The average Bonchev–Trinajstić information content (AvgIpc) is 2.49. The quantitative estimate of drug-likeness (QED) is 0.607. The summed E-state index contributed by atoms with van der Waals surface area (Å²) in [7, 11) is -3.54. The summed E-state index contributed by atoms with van der Waals surface area (Å²) in [4.78, 5) is 10.6. The van der Waals surface area contributed by atoms with Crippen LogP contribution in [0.15, 0.2) is 16.6 Å². The van der Waals surface area contributed by atoms with Gasteiger partial charge < -0.3 is 0 Å². The Morgan fingerprint density at radius 1 is 1.42 bits per heavy atom. The largest absolute Gasteiger partial charge is 0.294 e. The summed E-state index contributed by atoms with van der Waals surface area (Å²) < 4.78 is 25.4. The average molecular weight is 349 g/mol. The van der Waals surface area contributed by atoms with Gasteiger partial charge in [0.05, 0.1) is 11.2 Å². The Morgan fingerprint density at radius 2 is 2.00 bits per heavy atom. The van der Waals surface area contributed by atoms with Gasteiger partial charge in [0.15, 0.2) is 0 Å². The second-order valence-electron chi connectivity index (χ2n) is 5.23. The molecule has 0 fully saturated rings. The third kappa shape index (κ3) is 2.34. The van der Waals surface area contributed by atoms with Gasteiger partial charge in [0.25, 0.3) is 5.69 Å². The van der Waals surface area contributed by atoms with Gasteiger partial charge >= 0.3 is 0 Å². The summed E-state index contributed by atoms with van der Waals surface area (Å²) in [6.07, 6.45) is 1.06. The summed E-state index contributed by atoms with van der Waals surface area (Å²) in [5.74, 6) is 0. The molecular formula is C11H13BrN2O4S. The van der Waals surface area contributed by atoms with Crippen LogP contribution < -0.4 is 4.31 Å². The number of anilines is 1. The highest BCUT2D eigenvalue weighted by molar-refractivity contribution is 9.10. The van der Waals surface area contributed by atoms with E-state index in [1.807, 2.05) is 13.8 Å². The lowest BCUT2D eigenvalue weighted by molar-refractivity contribution is -0.384. The Labute approximate surface area is 119 Å². The first-order chi connectivity index (χ1) is 8.54. The summed E-state index contributed by atoms with van der Waals surface area (Å²) in [5.41, 5.74) is 0.188. The standard InChI is InChI=1S/C11H13BrN2O4S/c1-11(2)6-13(19(3,17)18)10-8(11)4-7(12)5-9(10)14(15)16/h4-5H,6H2,1-3H3. The monoisotopic (exact) mass is 348 g/mol. The van der Waals surface area contributed by atoms with E-state index in [2.05, 4.69) is 15.9 Å². The van der Waals surface area contributed by atoms with Crippen molar-refractivity contribution in [3.8, 4) is 0 Å². The highest BCUT2D eigenvalue weighted by Gasteiger charge is 2.43. The first-order valence-electron chi connectivity index (χ1n) is 5.50. The van der Waals surface area contributed by atoms with E-state index in [4.69, 9.17) is 0 Å². The minimum Gasteiger partial charge on any atom is -0.262 e. The number of nitrogens with zero attached hydrogens (tertiary/aromatic N) is 2. The molecule has 1 aromatic rings. The van der Waals surface area contributed by atoms with Crippen LogP contribution in [0.25, 0.3) is 0 Å². The first kappa shape index (κ1) is 14.3. The van der Waals surface area contributed by atoms with Crippen LogP contribution in [-0.2, 0) is 15.4 Å². The number of nitro groups is 1. The van der Waals surface area contributed by atoms with Crippen LogP contribution in [0.4, 0.5) is 11.4 Å². The van der Waals surface area contributed by atoms with E-state index in [1.54, 1.807) is 6.07 Å². The van der Waals surface area contributed by atoms with Gasteiger partial charge in [-0.3, -0.25) is 14.4 Å². The number of nitro benzene ring substituents is 1. The number of hydrogen-bond acceptors (Lipinski definition) is 4. The number of benzene rings is 1. The van der Waals surface area contributed by atoms with Crippen LogP contribution in [0.2, 0.25) is 0 Å². The molecule has 2 rings (SSSR count). The van der Waals surface area contributed by atoms with Crippen LogP contribution in [0, 0.1) is 10.1 Å². The van der Waals surface area contributed by atoms with Crippen molar-refractivity contribution in [2.75, 3.05) is 17.1 Å². The van der Waals surface area contributed by atoms with E-state index >= 15 is 0 Å². The molecule has 0 unspecified atom stereocenters. The molecule has 19 heavy (non-hydrogen) atoms. The summed E-state index contributed by atoms with van der Waals surface area (Å²) in [6.45, 7) is 3.94. The Balaban J connectivity index is 2.83. The first-order valence-corrected chi connectivity index (χ1v) is 8.14. The van der Waals surface area contributed by atoms with Crippen molar-refractivity contribution in [1.29, 1.82) is 0 Å². The number of fused-ring (bicyclic) bond motifs is 1. The molecule has 0 saturated carbocycles. The Kier molecular flexibility index (Phi) is 3.13. The minimum absolute atomic E-state index is 0.181. The molecule has 0 N–H and O–H groups in total. The van der Waals surface area contributed by atoms with E-state index in [9.17, 15) is 18.5 Å². The Morgan fingerprint density at radius 3 is 2.47 bits per heavy atom. The molecule has 0 amide bonds. The van der Waals surface area contributed by atoms with Gasteiger partial charge in [-0.1, -0.05) is 29.8 Å². The maximum atomic E-state index is 11.8. The SMILES string of the molecule is CC1(C)CN(S(C)(=O)=O)c2c([N+](=O)[O-])cc(Br)cc21. The van der Waals surface area contributed by atoms with Gasteiger partial charge in [-0.15, -0.1) is 0 Å². The molecular weight excluding hydrogens is 336 g/mol. The maximum Gasteiger partial charge on any atom is 0.294 e. The minimum atomic E-state index is -3.54. The lowest BCUT2D eigenvalue weighted by atomic mass is 9.87. The number of rotatable bonds is 2. The van der Waals surface area contributed by atoms with E-state index in [0.717, 1.165) is 10.6 Å². The van der Waals surface area contributed by atoms with Gasteiger partial charge in [0.1, 0.15) is 5.69 Å².